The molecule has 2 aromatic heterocycles. The van der Waals surface area contributed by atoms with Crippen LogP contribution in [0, 0.1) is 0 Å². The molecule has 0 bridgehead atoms. The fourth-order valence-electron chi connectivity index (χ4n) is 1.96. The van der Waals surface area contributed by atoms with Gasteiger partial charge in [-0.3, -0.25) is 0 Å². The van der Waals surface area contributed by atoms with Crippen LogP contribution >= 0.6 is 15.9 Å². The van der Waals surface area contributed by atoms with Crippen LogP contribution in [0.3, 0.4) is 0 Å². The van der Waals surface area contributed by atoms with Gasteiger partial charge in [0, 0.05) is 30.2 Å². The molecular formula is C14H14BrN5O. The number of hydrogen-bond acceptors (Lipinski definition) is 5. The lowest BCUT2D eigenvalue weighted by Crippen LogP contribution is -2.07. The molecule has 0 spiro atoms. The second-order valence-corrected chi connectivity index (χ2v) is 5.52. The normalized spacial score (nSPS) is 11.0. The van der Waals surface area contributed by atoms with E-state index in [1.807, 2.05) is 35.0 Å². The zero-order valence-corrected chi connectivity index (χ0v) is 12.8. The summed E-state index contributed by atoms with van der Waals surface area (Å²) in [6, 6.07) is 8.03. The SMILES string of the molecule is NCCn1cnc(-c2nc(Cc3ccc(Br)cc3)no2)c1. The van der Waals surface area contributed by atoms with Crippen LogP contribution in [0.25, 0.3) is 11.6 Å². The molecule has 0 radical (unpaired) electrons. The first kappa shape index (κ1) is 14.0. The van der Waals surface area contributed by atoms with Crippen molar-refractivity contribution in [1.29, 1.82) is 0 Å². The third kappa shape index (κ3) is 3.37. The Labute approximate surface area is 130 Å². The largest absolute Gasteiger partial charge is 0.335 e. The molecule has 7 heteroatoms. The standard InChI is InChI=1S/C14H14BrN5O/c15-11-3-1-10(2-4-11)7-13-18-14(21-19-13)12-8-20(6-5-16)9-17-12/h1-4,8-9H,5-7,16H2. The van der Waals surface area contributed by atoms with Gasteiger partial charge >= 0.3 is 0 Å². The second-order valence-electron chi connectivity index (χ2n) is 4.60. The van der Waals surface area contributed by atoms with Gasteiger partial charge in [-0.05, 0) is 17.7 Å². The van der Waals surface area contributed by atoms with Gasteiger partial charge in [0.05, 0.1) is 6.33 Å². The molecule has 0 aliphatic carbocycles. The van der Waals surface area contributed by atoms with E-state index in [1.54, 1.807) is 6.33 Å². The fourth-order valence-corrected chi connectivity index (χ4v) is 2.22. The quantitative estimate of drug-likeness (QED) is 0.765. The third-order valence-corrected chi connectivity index (χ3v) is 3.51. The van der Waals surface area contributed by atoms with Crippen molar-refractivity contribution < 1.29 is 4.52 Å². The summed E-state index contributed by atoms with van der Waals surface area (Å²) in [4.78, 5) is 8.62. The highest BCUT2D eigenvalue weighted by Gasteiger charge is 2.12. The molecule has 0 aliphatic rings. The highest BCUT2D eigenvalue weighted by atomic mass is 79.9. The lowest BCUT2D eigenvalue weighted by Gasteiger charge is -1.96. The van der Waals surface area contributed by atoms with Gasteiger partial charge in [0.25, 0.3) is 5.89 Å². The van der Waals surface area contributed by atoms with Gasteiger partial charge in [-0.25, -0.2) is 4.98 Å². The van der Waals surface area contributed by atoms with Crippen LogP contribution in [0.5, 0.6) is 0 Å². The number of nitrogens with two attached hydrogens (primary N) is 1. The van der Waals surface area contributed by atoms with Crippen LogP contribution in [-0.4, -0.2) is 26.2 Å². The van der Waals surface area contributed by atoms with Gasteiger partial charge in [-0.1, -0.05) is 33.2 Å². The molecule has 6 nitrogen and oxygen atoms in total. The first-order chi connectivity index (χ1) is 10.2. The molecule has 2 N–H and O–H groups in total. The molecule has 0 atom stereocenters. The maximum Gasteiger partial charge on any atom is 0.278 e. The Hall–Kier alpha value is -1.99. The lowest BCUT2D eigenvalue weighted by atomic mass is 10.1. The van der Waals surface area contributed by atoms with Crippen molar-refractivity contribution in [2.45, 2.75) is 13.0 Å². The minimum Gasteiger partial charge on any atom is -0.335 e. The lowest BCUT2D eigenvalue weighted by molar-refractivity contribution is 0.423. The number of rotatable bonds is 5. The Balaban J connectivity index is 1.74. The van der Waals surface area contributed by atoms with E-state index >= 15 is 0 Å². The number of aromatic nitrogens is 4. The first-order valence-electron chi connectivity index (χ1n) is 6.54. The predicted octanol–water partition coefficient (Wildman–Crippen LogP) is 2.25. The highest BCUT2D eigenvalue weighted by molar-refractivity contribution is 9.10. The molecule has 0 saturated carbocycles. The Kier molecular flexibility index (Phi) is 4.12. The Morgan fingerprint density at radius 2 is 2.05 bits per heavy atom. The molecule has 0 aliphatic heterocycles. The summed E-state index contributed by atoms with van der Waals surface area (Å²) < 4.78 is 8.20. The Morgan fingerprint density at radius 1 is 1.24 bits per heavy atom. The third-order valence-electron chi connectivity index (χ3n) is 2.98. The summed E-state index contributed by atoms with van der Waals surface area (Å²) in [5.41, 5.74) is 7.29. The van der Waals surface area contributed by atoms with Crippen molar-refractivity contribution in [3.05, 3.63) is 52.7 Å². The van der Waals surface area contributed by atoms with Gasteiger partial charge in [-0.2, -0.15) is 4.98 Å². The van der Waals surface area contributed by atoms with Crippen molar-refractivity contribution in [2.75, 3.05) is 6.54 Å². The first-order valence-corrected chi connectivity index (χ1v) is 7.33. The Morgan fingerprint density at radius 3 is 2.81 bits per heavy atom. The van der Waals surface area contributed by atoms with E-state index in [0.717, 1.165) is 10.0 Å². The summed E-state index contributed by atoms with van der Waals surface area (Å²) in [6.45, 7) is 1.28. The number of hydrogen-bond donors (Lipinski definition) is 1. The van der Waals surface area contributed by atoms with E-state index in [1.165, 1.54) is 0 Å². The van der Waals surface area contributed by atoms with E-state index < -0.39 is 0 Å². The smallest absolute Gasteiger partial charge is 0.278 e. The zero-order valence-electron chi connectivity index (χ0n) is 11.2. The van der Waals surface area contributed by atoms with Gasteiger partial charge in [-0.15, -0.1) is 0 Å². The van der Waals surface area contributed by atoms with Crippen LogP contribution in [0.15, 0.2) is 45.8 Å². The summed E-state index contributed by atoms with van der Waals surface area (Å²) in [6.07, 6.45) is 4.19. The number of halogens is 1. The Bertz CT molecular complexity index is 719. The topological polar surface area (TPSA) is 82.8 Å². The summed E-state index contributed by atoms with van der Waals surface area (Å²) in [7, 11) is 0. The molecule has 21 heavy (non-hydrogen) atoms. The molecule has 0 fully saturated rings. The van der Waals surface area contributed by atoms with Crippen LogP contribution in [0.2, 0.25) is 0 Å². The number of nitrogens with zero attached hydrogens (tertiary/aromatic N) is 4. The van der Waals surface area contributed by atoms with E-state index in [-0.39, 0.29) is 0 Å². The molecule has 2 heterocycles. The fraction of sp³-hybridized carbons (Fsp3) is 0.214. The maximum atomic E-state index is 5.51. The van der Waals surface area contributed by atoms with E-state index in [0.29, 0.717) is 36.9 Å². The molecule has 3 aromatic rings. The van der Waals surface area contributed by atoms with Gasteiger partial charge in [0.1, 0.15) is 5.69 Å². The van der Waals surface area contributed by atoms with Crippen molar-refractivity contribution in [3.63, 3.8) is 0 Å². The van der Waals surface area contributed by atoms with Crippen LogP contribution < -0.4 is 5.73 Å². The monoisotopic (exact) mass is 347 g/mol. The predicted molar refractivity (Wildman–Crippen MR) is 81.5 cm³/mol. The zero-order chi connectivity index (χ0) is 14.7. The summed E-state index contributed by atoms with van der Waals surface area (Å²) in [5, 5.41) is 3.99. The highest BCUT2D eigenvalue weighted by Crippen LogP contribution is 2.17. The van der Waals surface area contributed by atoms with Crippen molar-refractivity contribution in [1.82, 2.24) is 19.7 Å². The van der Waals surface area contributed by atoms with E-state index in [4.69, 9.17) is 10.3 Å². The molecule has 0 amide bonds. The summed E-state index contributed by atoms with van der Waals surface area (Å²) in [5.74, 6) is 1.07. The number of imidazole rings is 1. The van der Waals surface area contributed by atoms with Crippen molar-refractivity contribution >= 4 is 15.9 Å². The van der Waals surface area contributed by atoms with Crippen molar-refractivity contribution in [3.8, 4) is 11.6 Å². The molecule has 3 rings (SSSR count). The van der Waals surface area contributed by atoms with Crippen LogP contribution in [0.1, 0.15) is 11.4 Å². The maximum absolute atomic E-state index is 5.51. The van der Waals surface area contributed by atoms with Gasteiger partial charge < -0.3 is 14.8 Å². The second kappa shape index (κ2) is 6.19. The van der Waals surface area contributed by atoms with Crippen molar-refractivity contribution in [2.24, 2.45) is 5.73 Å². The molecule has 0 unspecified atom stereocenters. The minimum absolute atomic E-state index is 0.429. The molecule has 1 aromatic carbocycles. The van der Waals surface area contributed by atoms with Crippen LogP contribution in [0.4, 0.5) is 0 Å². The molecule has 0 saturated heterocycles. The summed E-state index contributed by atoms with van der Waals surface area (Å²) >= 11 is 3.41. The molecule has 108 valence electrons. The average Bonchev–Trinajstić information content (AvgIpc) is 3.11. The average molecular weight is 348 g/mol. The number of benzene rings is 1. The van der Waals surface area contributed by atoms with E-state index in [2.05, 4.69) is 31.1 Å². The van der Waals surface area contributed by atoms with E-state index in [9.17, 15) is 0 Å². The van der Waals surface area contributed by atoms with Gasteiger partial charge in [0.2, 0.25) is 0 Å². The molecular weight excluding hydrogens is 334 g/mol. The van der Waals surface area contributed by atoms with Gasteiger partial charge in [0.15, 0.2) is 5.82 Å². The minimum atomic E-state index is 0.429. The van der Waals surface area contributed by atoms with Crippen LogP contribution in [-0.2, 0) is 13.0 Å².